The molecule has 2 aromatic rings. The van der Waals surface area contributed by atoms with Crippen LogP contribution < -0.4 is 10.6 Å². The Kier molecular flexibility index (Phi) is 8.28. The Morgan fingerprint density at radius 1 is 1.00 bits per heavy atom. The van der Waals surface area contributed by atoms with Gasteiger partial charge < -0.3 is 15.5 Å². The van der Waals surface area contributed by atoms with Crippen LogP contribution >= 0.6 is 11.6 Å². The zero-order valence-electron chi connectivity index (χ0n) is 18.6. The third-order valence-corrected chi connectivity index (χ3v) is 6.07. The number of nitrogens with one attached hydrogen (secondary N) is 2. The summed E-state index contributed by atoms with van der Waals surface area (Å²) < 4.78 is 0. The standard InChI is InChI=1S/C25H30ClN3O3/c1-3-14-27-24(31)22(28-23(30)19-6-4-17(2)5-7-19)18-12-15-29(16-13-18)25(32)20-8-10-21(26)11-9-20/h4-11,18,22H,3,12-16H2,1-2H3,(H,27,31)(H,28,30)/t22-/m1/s1. The van der Waals surface area contributed by atoms with E-state index in [1.165, 1.54) is 0 Å². The fourth-order valence-electron chi connectivity index (χ4n) is 3.90. The van der Waals surface area contributed by atoms with Crippen LogP contribution in [0.1, 0.15) is 52.5 Å². The number of benzene rings is 2. The lowest BCUT2D eigenvalue weighted by atomic mass is 9.88. The second-order valence-electron chi connectivity index (χ2n) is 8.24. The van der Waals surface area contributed by atoms with Crippen LogP contribution in [0.2, 0.25) is 5.02 Å². The van der Waals surface area contributed by atoms with Crippen LogP contribution in [0.4, 0.5) is 0 Å². The molecule has 2 aromatic carbocycles. The molecule has 1 saturated heterocycles. The zero-order chi connectivity index (χ0) is 23.1. The van der Waals surface area contributed by atoms with Crippen LogP contribution in [0, 0.1) is 12.8 Å². The van der Waals surface area contributed by atoms with Crippen LogP contribution in [0.25, 0.3) is 0 Å². The van der Waals surface area contributed by atoms with Gasteiger partial charge in [0.25, 0.3) is 11.8 Å². The number of carbonyl (C=O) groups is 3. The second kappa shape index (κ2) is 11.1. The van der Waals surface area contributed by atoms with Crippen LogP contribution in [0.5, 0.6) is 0 Å². The lowest BCUT2D eigenvalue weighted by Crippen LogP contribution is -2.54. The molecule has 1 heterocycles. The van der Waals surface area contributed by atoms with E-state index in [9.17, 15) is 14.4 Å². The minimum absolute atomic E-state index is 0.0456. The average Bonchev–Trinajstić information content (AvgIpc) is 2.81. The molecule has 1 atom stereocenters. The van der Waals surface area contributed by atoms with Crippen molar-refractivity contribution in [1.82, 2.24) is 15.5 Å². The first-order chi connectivity index (χ1) is 15.4. The van der Waals surface area contributed by atoms with Gasteiger partial charge in [0.2, 0.25) is 5.91 Å². The minimum atomic E-state index is -0.636. The lowest BCUT2D eigenvalue weighted by Gasteiger charge is -2.36. The van der Waals surface area contributed by atoms with Gasteiger partial charge in [-0.25, -0.2) is 0 Å². The fourth-order valence-corrected chi connectivity index (χ4v) is 4.02. The van der Waals surface area contributed by atoms with Crippen molar-refractivity contribution in [3.8, 4) is 0 Å². The number of rotatable bonds is 7. The fraction of sp³-hybridized carbons (Fsp3) is 0.400. The van der Waals surface area contributed by atoms with E-state index in [-0.39, 0.29) is 23.6 Å². The van der Waals surface area contributed by atoms with Gasteiger partial charge in [-0.3, -0.25) is 14.4 Å². The Balaban J connectivity index is 1.66. The van der Waals surface area contributed by atoms with E-state index in [1.54, 1.807) is 41.3 Å². The summed E-state index contributed by atoms with van der Waals surface area (Å²) in [4.78, 5) is 40.3. The summed E-state index contributed by atoms with van der Waals surface area (Å²) in [5.74, 6) is -0.526. The van der Waals surface area contributed by atoms with E-state index in [0.29, 0.717) is 48.6 Å². The van der Waals surface area contributed by atoms with Crippen LogP contribution in [0.3, 0.4) is 0 Å². The Labute approximate surface area is 194 Å². The molecule has 0 spiro atoms. The molecular formula is C25H30ClN3O3. The SMILES string of the molecule is CCCNC(=O)[C@H](NC(=O)c1ccc(C)cc1)C1CCN(C(=O)c2ccc(Cl)cc2)CC1. The van der Waals surface area contributed by atoms with Crippen LogP contribution in [-0.2, 0) is 4.79 Å². The number of aryl methyl sites for hydroxylation is 1. The number of amides is 3. The molecule has 0 unspecified atom stereocenters. The molecule has 0 aromatic heterocycles. The summed E-state index contributed by atoms with van der Waals surface area (Å²) in [6, 6.07) is 13.5. The van der Waals surface area contributed by atoms with Crippen molar-refractivity contribution in [2.45, 2.75) is 39.2 Å². The first-order valence-corrected chi connectivity index (χ1v) is 11.5. The average molecular weight is 456 g/mol. The Morgan fingerprint density at radius 3 is 2.19 bits per heavy atom. The van der Waals surface area contributed by atoms with Crippen LogP contribution in [-0.4, -0.2) is 48.3 Å². The first kappa shape index (κ1) is 23.8. The van der Waals surface area contributed by atoms with Gasteiger partial charge in [-0.1, -0.05) is 36.2 Å². The molecule has 0 bridgehead atoms. The van der Waals surface area contributed by atoms with Gasteiger partial charge in [0, 0.05) is 35.8 Å². The minimum Gasteiger partial charge on any atom is -0.354 e. The number of hydrogen-bond acceptors (Lipinski definition) is 3. The van der Waals surface area contributed by atoms with Crippen LogP contribution in [0.15, 0.2) is 48.5 Å². The Morgan fingerprint density at radius 2 is 1.59 bits per heavy atom. The van der Waals surface area contributed by atoms with Crippen molar-refractivity contribution in [3.63, 3.8) is 0 Å². The molecule has 0 saturated carbocycles. The van der Waals surface area contributed by atoms with Crippen molar-refractivity contribution in [3.05, 3.63) is 70.2 Å². The van der Waals surface area contributed by atoms with E-state index >= 15 is 0 Å². The maximum absolute atomic E-state index is 12.9. The molecule has 6 nitrogen and oxygen atoms in total. The highest BCUT2D eigenvalue weighted by Gasteiger charge is 2.34. The van der Waals surface area contributed by atoms with E-state index in [4.69, 9.17) is 11.6 Å². The summed E-state index contributed by atoms with van der Waals surface area (Å²) in [6.07, 6.45) is 2.09. The number of hydrogen-bond donors (Lipinski definition) is 2. The van der Waals surface area contributed by atoms with Crippen molar-refractivity contribution in [2.24, 2.45) is 5.92 Å². The Bertz CT molecular complexity index is 936. The zero-order valence-corrected chi connectivity index (χ0v) is 19.3. The largest absolute Gasteiger partial charge is 0.354 e. The first-order valence-electron chi connectivity index (χ1n) is 11.1. The van der Waals surface area contributed by atoms with Gasteiger partial charge in [0.05, 0.1) is 0 Å². The number of nitrogens with zero attached hydrogens (tertiary/aromatic N) is 1. The van der Waals surface area contributed by atoms with Gasteiger partial charge in [-0.05, 0) is 68.5 Å². The quantitative estimate of drug-likeness (QED) is 0.666. The summed E-state index contributed by atoms with van der Waals surface area (Å²) in [6.45, 7) is 5.57. The van der Waals surface area contributed by atoms with E-state index in [0.717, 1.165) is 12.0 Å². The second-order valence-corrected chi connectivity index (χ2v) is 8.68. The molecule has 1 fully saturated rings. The van der Waals surface area contributed by atoms with Crippen molar-refractivity contribution in [2.75, 3.05) is 19.6 Å². The molecule has 3 rings (SSSR count). The van der Waals surface area contributed by atoms with Gasteiger partial charge in [-0.2, -0.15) is 0 Å². The van der Waals surface area contributed by atoms with Crippen molar-refractivity contribution in [1.29, 1.82) is 0 Å². The third kappa shape index (κ3) is 6.10. The molecule has 170 valence electrons. The number of halogens is 1. The van der Waals surface area contributed by atoms with Gasteiger partial charge in [-0.15, -0.1) is 0 Å². The predicted molar refractivity (Wildman–Crippen MR) is 126 cm³/mol. The third-order valence-electron chi connectivity index (χ3n) is 5.82. The van der Waals surface area contributed by atoms with Crippen molar-refractivity contribution >= 4 is 29.3 Å². The number of carbonyl (C=O) groups excluding carboxylic acids is 3. The molecular weight excluding hydrogens is 426 g/mol. The van der Waals surface area contributed by atoms with E-state index in [2.05, 4.69) is 10.6 Å². The molecule has 1 aliphatic heterocycles. The highest BCUT2D eigenvalue weighted by atomic mass is 35.5. The van der Waals surface area contributed by atoms with E-state index in [1.807, 2.05) is 26.0 Å². The van der Waals surface area contributed by atoms with Gasteiger partial charge >= 0.3 is 0 Å². The van der Waals surface area contributed by atoms with Gasteiger partial charge in [0.15, 0.2) is 0 Å². The molecule has 0 aliphatic carbocycles. The normalized spacial score (nSPS) is 15.2. The molecule has 0 radical (unpaired) electrons. The maximum Gasteiger partial charge on any atom is 0.253 e. The highest BCUT2D eigenvalue weighted by molar-refractivity contribution is 6.30. The monoisotopic (exact) mass is 455 g/mol. The summed E-state index contributed by atoms with van der Waals surface area (Å²) in [5, 5.41) is 6.45. The summed E-state index contributed by atoms with van der Waals surface area (Å²) in [7, 11) is 0. The molecule has 32 heavy (non-hydrogen) atoms. The predicted octanol–water partition coefficient (Wildman–Crippen LogP) is 3.83. The van der Waals surface area contributed by atoms with Gasteiger partial charge in [0.1, 0.15) is 6.04 Å². The molecule has 7 heteroatoms. The molecule has 3 amide bonds. The smallest absolute Gasteiger partial charge is 0.253 e. The number of likely N-dealkylation sites (tertiary alicyclic amines) is 1. The molecule has 2 N–H and O–H groups in total. The summed E-state index contributed by atoms with van der Waals surface area (Å²) in [5.41, 5.74) is 2.19. The molecule has 1 aliphatic rings. The topological polar surface area (TPSA) is 78.5 Å². The lowest BCUT2D eigenvalue weighted by molar-refractivity contribution is -0.124. The number of piperidine rings is 1. The van der Waals surface area contributed by atoms with E-state index < -0.39 is 6.04 Å². The Hall–Kier alpha value is -2.86. The highest BCUT2D eigenvalue weighted by Crippen LogP contribution is 2.23. The maximum atomic E-state index is 12.9. The van der Waals surface area contributed by atoms with Crippen molar-refractivity contribution < 1.29 is 14.4 Å². The summed E-state index contributed by atoms with van der Waals surface area (Å²) >= 11 is 5.92.